The molecule has 464 valence electrons. The molecule has 13 N–H and O–H groups in total. The molecule has 0 aromatic heterocycles. The molecule has 5 amide bonds. The van der Waals surface area contributed by atoms with Crippen LogP contribution in [0.15, 0.2) is 146 Å². The number of nitrogens with one attached hydrogen (secondary N) is 3. The van der Waals surface area contributed by atoms with Crippen molar-refractivity contribution < 1.29 is 74.5 Å². The smallest absolute Gasteiger partial charge is 0.303 e. The van der Waals surface area contributed by atoms with Gasteiger partial charge in [-0.15, -0.1) is 0 Å². The number of hydroxylamine groups is 2. The molecule has 0 radical (unpaired) electrons. The van der Waals surface area contributed by atoms with Gasteiger partial charge in [-0.25, -0.2) is 0 Å². The number of carboxylic acids is 1. The van der Waals surface area contributed by atoms with Crippen molar-refractivity contribution in [2.75, 3.05) is 19.6 Å². The summed E-state index contributed by atoms with van der Waals surface area (Å²) in [5, 5.41) is 79.9. The number of carbonyl (C=O) groups excluding carboxylic acids is 6. The zero-order valence-electron chi connectivity index (χ0n) is 48.5. The van der Waals surface area contributed by atoms with E-state index in [-0.39, 0.29) is 89.8 Å². The van der Waals surface area contributed by atoms with Gasteiger partial charge in [-0.05, 0) is 139 Å². The Kier molecular flexibility index (Phi) is 30.7. The number of amides is 5. The van der Waals surface area contributed by atoms with Crippen LogP contribution in [0.4, 0.5) is 0 Å². The van der Waals surface area contributed by atoms with E-state index < -0.39 is 34.0 Å². The molecule has 0 spiro atoms. The van der Waals surface area contributed by atoms with Crippen LogP contribution in [0.5, 0.6) is 34.5 Å². The Hall–Kier alpha value is -8.92. The largest absolute Gasteiger partial charge is 0.508 e. The first-order valence-electron chi connectivity index (χ1n) is 27.3. The first kappa shape index (κ1) is 73.2. The molecule has 0 atom stereocenters. The van der Waals surface area contributed by atoms with Gasteiger partial charge < -0.3 is 61.6 Å². The lowest BCUT2D eigenvalue weighted by atomic mass is 9.73. The highest BCUT2D eigenvalue weighted by atomic mass is 32.1. The van der Waals surface area contributed by atoms with Gasteiger partial charge >= 0.3 is 5.97 Å². The number of phenols is 6. The van der Waals surface area contributed by atoms with Gasteiger partial charge in [0.1, 0.15) is 40.3 Å². The molecule has 7 rings (SSSR count). The summed E-state index contributed by atoms with van der Waals surface area (Å²) in [5.74, 6) is -0.838. The fraction of sp³-hybridized carbons (Fsp3) is 0.338. The third-order valence-corrected chi connectivity index (χ3v) is 14.5. The van der Waals surface area contributed by atoms with Crippen molar-refractivity contribution in [1.82, 2.24) is 20.4 Å². The molecule has 21 heteroatoms. The monoisotopic (exact) mass is 1210 g/mol. The zero-order chi connectivity index (χ0) is 63.3. The van der Waals surface area contributed by atoms with E-state index in [1.165, 1.54) is 6.92 Å². The van der Waals surface area contributed by atoms with E-state index in [1.54, 1.807) is 104 Å². The topological polar surface area (TPSA) is 347 Å². The zero-order valence-corrected chi connectivity index (χ0v) is 49.4. The maximum atomic E-state index is 12.2. The van der Waals surface area contributed by atoms with Crippen LogP contribution in [0.3, 0.4) is 0 Å². The molecule has 86 heavy (non-hydrogen) atoms. The minimum absolute atomic E-state index is 0. The third-order valence-electron chi connectivity index (χ3n) is 14.3. The van der Waals surface area contributed by atoms with E-state index in [4.69, 9.17) is 16.0 Å². The van der Waals surface area contributed by atoms with E-state index in [1.807, 2.05) is 62.4 Å². The molecule has 6 aromatic rings. The molecule has 1 saturated heterocycles. The number of aromatic hydroxyl groups is 6. The van der Waals surface area contributed by atoms with Gasteiger partial charge in [0.15, 0.2) is 0 Å². The lowest BCUT2D eigenvalue weighted by molar-refractivity contribution is -0.171. The Morgan fingerprint density at radius 1 is 0.477 bits per heavy atom. The summed E-state index contributed by atoms with van der Waals surface area (Å²) in [6.45, 7) is 10.7. The van der Waals surface area contributed by atoms with Crippen molar-refractivity contribution in [3.8, 4) is 34.5 Å². The lowest BCUT2D eigenvalue weighted by Crippen LogP contribution is -2.29. The number of imide groups is 1. The number of hydrogen-bond donors (Lipinski definition) is 13. The summed E-state index contributed by atoms with van der Waals surface area (Å²) in [6.07, 6.45) is 3.68. The van der Waals surface area contributed by atoms with Crippen molar-refractivity contribution >= 4 is 54.1 Å². The predicted octanol–water partition coefficient (Wildman–Crippen LogP) is 9.32. The van der Waals surface area contributed by atoms with Crippen LogP contribution in [0.1, 0.15) is 140 Å². The summed E-state index contributed by atoms with van der Waals surface area (Å²) in [5.41, 5.74) is 9.49. The molecule has 1 fully saturated rings. The fourth-order valence-corrected chi connectivity index (χ4v) is 9.06. The maximum Gasteiger partial charge on any atom is 0.303 e. The number of Topliss-reactive ketones (excluding diaryl/α,β-unsaturated/α-hetero) is 1. The summed E-state index contributed by atoms with van der Waals surface area (Å²) in [6, 6.07) is 41.4. The number of ketones is 1. The standard InChI is InChI=1S/C22H27NO4.C17H19NO3S.C17H18O4.C4H10N2O.C4H5NO3.CH4/c1-16(24)4-3-15-23-21(27)13-14-22(2,17-5-9-19(25)10-6-17)18-7-11-20(26)12-8-18;1-17(11-10-16(21)18-22,12-2-6-14(19)7-3-12)13-4-8-15(20)9-5-13;1-17(11-10-16(20)21,12-2-6-14(18)7-3-12)13-4-8-15(19)9-5-13;1-4(7)6-3-2-5;6-3-1-2-4(7)5(3)8;/h5-12,25-26H,3-4,13-15H2,1-2H3,(H,23,27);2-9,19-20,22H,10-11H2,1H3,(H,18,21);2-9,18-19H,10-11H2,1H3,(H,20,21);2-3,5H2,1H3,(H,6,7);8H,1-2H2;1H4. The molecular formula is C65H83N5O15S. The van der Waals surface area contributed by atoms with Crippen molar-refractivity contribution in [1.29, 1.82) is 0 Å². The van der Waals surface area contributed by atoms with Crippen LogP contribution >= 0.6 is 12.8 Å². The first-order valence-corrected chi connectivity index (χ1v) is 27.8. The molecule has 0 aliphatic carbocycles. The number of aliphatic carboxylic acids is 1. The molecule has 1 aliphatic rings. The highest BCUT2D eigenvalue weighted by Gasteiger charge is 2.32. The van der Waals surface area contributed by atoms with E-state index in [0.29, 0.717) is 64.6 Å². The minimum Gasteiger partial charge on any atom is -0.508 e. The second kappa shape index (κ2) is 36.0. The van der Waals surface area contributed by atoms with E-state index in [0.717, 1.165) is 33.4 Å². The molecule has 1 aliphatic heterocycles. The summed E-state index contributed by atoms with van der Waals surface area (Å²) < 4.78 is 2.33. The van der Waals surface area contributed by atoms with Gasteiger partial charge in [-0.2, -0.15) is 5.06 Å². The minimum atomic E-state index is -0.848. The van der Waals surface area contributed by atoms with Gasteiger partial charge in [-0.3, -0.25) is 34.0 Å². The fourth-order valence-electron chi connectivity index (χ4n) is 8.95. The van der Waals surface area contributed by atoms with Crippen LogP contribution in [0, 0.1) is 0 Å². The number of rotatable bonds is 21. The average Bonchev–Trinajstić information content (AvgIpc) is 1.56. The molecule has 0 bridgehead atoms. The second-order valence-electron chi connectivity index (χ2n) is 20.7. The Morgan fingerprint density at radius 2 is 0.756 bits per heavy atom. The van der Waals surface area contributed by atoms with Crippen LogP contribution in [0.25, 0.3) is 0 Å². The first-order chi connectivity index (χ1) is 40.2. The van der Waals surface area contributed by atoms with Gasteiger partial charge in [-0.1, -0.05) is 114 Å². The van der Waals surface area contributed by atoms with Crippen molar-refractivity contribution in [2.24, 2.45) is 5.73 Å². The third kappa shape index (κ3) is 24.0. The SMILES string of the molecule is C.CC(=O)CCCNC(=O)CCC(C)(c1ccc(O)cc1)c1ccc(O)cc1.CC(=O)NCCN.CC(CCC(=O)NS)(c1ccc(O)cc1)c1ccc(O)cc1.CC(CCC(=O)O)(c1ccc(O)cc1)c1ccc(O)cc1.O=C1CCC(=O)N1O. The Bertz CT molecular complexity index is 2940. The molecule has 6 aromatic carbocycles. The highest BCUT2D eigenvalue weighted by molar-refractivity contribution is 7.78. The van der Waals surface area contributed by atoms with E-state index >= 15 is 0 Å². The number of phenolic OH excluding ortho intramolecular Hbond substituents is 6. The summed E-state index contributed by atoms with van der Waals surface area (Å²) in [4.78, 5) is 76.2. The number of nitrogens with zero attached hydrogens (tertiary/aromatic N) is 1. The summed E-state index contributed by atoms with van der Waals surface area (Å²) in [7, 11) is 0. The van der Waals surface area contributed by atoms with Gasteiger partial charge in [0.2, 0.25) is 17.7 Å². The van der Waals surface area contributed by atoms with Gasteiger partial charge in [0.25, 0.3) is 11.8 Å². The van der Waals surface area contributed by atoms with E-state index in [9.17, 15) is 64.2 Å². The van der Waals surface area contributed by atoms with E-state index in [2.05, 4.69) is 35.1 Å². The number of thiol groups is 1. The number of nitrogens with two attached hydrogens (primary N) is 1. The molecule has 0 saturated carbocycles. The van der Waals surface area contributed by atoms with Crippen molar-refractivity contribution in [3.63, 3.8) is 0 Å². The normalized spacial score (nSPS) is 11.7. The molecular weight excluding hydrogens is 1120 g/mol. The molecule has 20 nitrogen and oxygen atoms in total. The predicted molar refractivity (Wildman–Crippen MR) is 331 cm³/mol. The highest BCUT2D eigenvalue weighted by Crippen LogP contribution is 2.40. The quantitative estimate of drug-likeness (QED) is 0.0138. The number of carboxylic acid groups (broad SMARTS) is 1. The lowest BCUT2D eigenvalue weighted by Gasteiger charge is -2.31. The van der Waals surface area contributed by atoms with Crippen LogP contribution in [-0.2, 0) is 49.8 Å². The van der Waals surface area contributed by atoms with Gasteiger partial charge in [0.05, 0.1) is 0 Å². The number of hydrogen-bond acceptors (Lipinski definition) is 16. The Balaban J connectivity index is 0.000000392. The molecule has 0 unspecified atom stereocenters. The number of benzene rings is 6. The van der Waals surface area contributed by atoms with Gasteiger partial charge in [0, 0.05) is 81.3 Å². The molecule has 1 heterocycles. The van der Waals surface area contributed by atoms with Crippen LogP contribution in [-0.4, -0.2) is 107 Å². The second-order valence-corrected chi connectivity index (χ2v) is 21.0. The number of carbonyl (C=O) groups is 7. The van der Waals surface area contributed by atoms with Crippen LogP contribution < -0.4 is 21.1 Å². The summed E-state index contributed by atoms with van der Waals surface area (Å²) >= 11 is 3.78. The van der Waals surface area contributed by atoms with Crippen LogP contribution in [0.2, 0.25) is 0 Å². The maximum absolute atomic E-state index is 12.2. The Labute approximate surface area is 508 Å². The van der Waals surface area contributed by atoms with Crippen molar-refractivity contribution in [2.45, 2.75) is 122 Å². The average molecular weight is 1210 g/mol. The Morgan fingerprint density at radius 3 is 0.965 bits per heavy atom. The van der Waals surface area contributed by atoms with Crippen molar-refractivity contribution in [3.05, 3.63) is 179 Å².